The highest BCUT2D eigenvalue weighted by molar-refractivity contribution is 6.35. The molecule has 0 atom stereocenters. The van der Waals surface area contributed by atoms with Crippen molar-refractivity contribution in [2.75, 3.05) is 12.4 Å². The number of esters is 1. The molecule has 0 saturated heterocycles. The number of fused-ring (bicyclic) bond motifs is 1. The molecule has 2 aromatic rings. The standard InChI is InChI=1S/C17H14N2O3/c1-22-15(20)8-7-11-4-2-6-14-16(11)13(17(21)19-14)10-12-5-3-9-18-12/h2-10,18H,1H3,(H,19,21)/b8-7+,13-10?. The monoisotopic (exact) mass is 294 g/mol. The molecule has 3 rings (SSSR count). The van der Waals surface area contributed by atoms with Gasteiger partial charge < -0.3 is 15.0 Å². The van der Waals surface area contributed by atoms with Crippen molar-refractivity contribution in [2.45, 2.75) is 0 Å². The summed E-state index contributed by atoms with van der Waals surface area (Å²) in [6.45, 7) is 0. The third kappa shape index (κ3) is 2.56. The number of ether oxygens (including phenoxy) is 1. The van der Waals surface area contributed by atoms with Crippen molar-refractivity contribution in [1.82, 2.24) is 4.98 Å². The van der Waals surface area contributed by atoms with Gasteiger partial charge in [0.25, 0.3) is 5.91 Å². The van der Waals surface area contributed by atoms with Crippen LogP contribution in [0.5, 0.6) is 0 Å². The fourth-order valence-corrected chi connectivity index (χ4v) is 2.37. The van der Waals surface area contributed by atoms with E-state index in [1.54, 1.807) is 18.3 Å². The van der Waals surface area contributed by atoms with E-state index in [2.05, 4.69) is 15.0 Å². The van der Waals surface area contributed by atoms with Gasteiger partial charge in [-0.05, 0) is 35.9 Å². The summed E-state index contributed by atoms with van der Waals surface area (Å²) in [6.07, 6.45) is 6.57. The molecule has 1 aliphatic rings. The Kier molecular flexibility index (Phi) is 3.62. The predicted octanol–water partition coefficient (Wildman–Crippen LogP) is 2.69. The average Bonchev–Trinajstić information content (AvgIpc) is 3.14. The first-order valence-electron chi connectivity index (χ1n) is 6.75. The molecule has 1 aromatic heterocycles. The summed E-state index contributed by atoms with van der Waals surface area (Å²) in [7, 11) is 1.32. The molecule has 1 aromatic carbocycles. The van der Waals surface area contributed by atoms with E-state index in [0.717, 1.165) is 22.5 Å². The lowest BCUT2D eigenvalue weighted by atomic mass is 9.99. The zero-order chi connectivity index (χ0) is 15.5. The molecular weight excluding hydrogens is 280 g/mol. The summed E-state index contributed by atoms with van der Waals surface area (Å²) in [5.74, 6) is -0.603. The van der Waals surface area contributed by atoms with Crippen LogP contribution in [0, 0.1) is 0 Å². The number of benzene rings is 1. The van der Waals surface area contributed by atoms with Crippen LogP contribution >= 0.6 is 0 Å². The van der Waals surface area contributed by atoms with Gasteiger partial charge in [0, 0.05) is 29.2 Å². The fraction of sp³-hybridized carbons (Fsp3) is 0.0588. The molecule has 0 bridgehead atoms. The number of methoxy groups -OCH3 is 1. The molecule has 1 aliphatic heterocycles. The highest BCUT2D eigenvalue weighted by atomic mass is 16.5. The van der Waals surface area contributed by atoms with E-state index in [4.69, 9.17) is 0 Å². The number of hydrogen-bond donors (Lipinski definition) is 2. The number of amides is 1. The molecular formula is C17H14N2O3. The van der Waals surface area contributed by atoms with Gasteiger partial charge in [0.15, 0.2) is 0 Å². The number of rotatable bonds is 3. The Balaban J connectivity index is 2.07. The highest BCUT2D eigenvalue weighted by Gasteiger charge is 2.26. The minimum absolute atomic E-state index is 0.163. The van der Waals surface area contributed by atoms with E-state index in [9.17, 15) is 9.59 Å². The van der Waals surface area contributed by atoms with E-state index < -0.39 is 5.97 Å². The van der Waals surface area contributed by atoms with E-state index in [1.807, 2.05) is 30.3 Å². The van der Waals surface area contributed by atoms with E-state index in [1.165, 1.54) is 13.2 Å². The first-order valence-corrected chi connectivity index (χ1v) is 6.75. The summed E-state index contributed by atoms with van der Waals surface area (Å²) in [4.78, 5) is 26.5. The number of anilines is 1. The van der Waals surface area contributed by atoms with Crippen LogP contribution in [-0.2, 0) is 14.3 Å². The Bertz CT molecular complexity index is 786. The zero-order valence-corrected chi connectivity index (χ0v) is 11.9. The van der Waals surface area contributed by atoms with Crippen LogP contribution in [0.25, 0.3) is 17.7 Å². The minimum atomic E-state index is -0.440. The van der Waals surface area contributed by atoms with Gasteiger partial charge in [-0.15, -0.1) is 0 Å². The number of aromatic nitrogens is 1. The van der Waals surface area contributed by atoms with Crippen molar-refractivity contribution in [1.29, 1.82) is 0 Å². The van der Waals surface area contributed by atoms with Gasteiger partial charge in [-0.3, -0.25) is 4.79 Å². The number of hydrogen-bond acceptors (Lipinski definition) is 3. The molecule has 0 saturated carbocycles. The third-order valence-electron chi connectivity index (χ3n) is 3.38. The number of carbonyl (C=O) groups is 2. The van der Waals surface area contributed by atoms with Gasteiger partial charge >= 0.3 is 5.97 Å². The molecule has 1 amide bonds. The smallest absolute Gasteiger partial charge is 0.330 e. The maximum absolute atomic E-state index is 12.2. The molecule has 0 radical (unpaired) electrons. The number of H-pyrrole nitrogens is 1. The molecule has 2 N–H and O–H groups in total. The molecule has 2 heterocycles. The molecule has 0 fully saturated rings. The van der Waals surface area contributed by atoms with Crippen molar-refractivity contribution >= 4 is 35.3 Å². The lowest BCUT2D eigenvalue weighted by molar-refractivity contribution is -0.134. The van der Waals surface area contributed by atoms with Crippen LogP contribution in [0.3, 0.4) is 0 Å². The SMILES string of the molecule is COC(=O)/C=C/c1cccc2c1C(=Cc1ccc[nH]1)C(=O)N2. The molecule has 22 heavy (non-hydrogen) atoms. The Hall–Kier alpha value is -3.08. The second-order valence-electron chi connectivity index (χ2n) is 4.76. The molecule has 5 heteroatoms. The quantitative estimate of drug-likeness (QED) is 0.675. The van der Waals surface area contributed by atoms with E-state index >= 15 is 0 Å². The number of aromatic amines is 1. The molecule has 0 spiro atoms. The van der Waals surface area contributed by atoms with Gasteiger partial charge in [0.1, 0.15) is 0 Å². The average molecular weight is 294 g/mol. The second-order valence-corrected chi connectivity index (χ2v) is 4.76. The second kappa shape index (κ2) is 5.73. The fourth-order valence-electron chi connectivity index (χ4n) is 2.37. The summed E-state index contributed by atoms with van der Waals surface area (Å²) in [5, 5.41) is 2.83. The van der Waals surface area contributed by atoms with Crippen molar-refractivity contribution < 1.29 is 14.3 Å². The summed E-state index contributed by atoms with van der Waals surface area (Å²) >= 11 is 0. The van der Waals surface area contributed by atoms with Crippen molar-refractivity contribution in [2.24, 2.45) is 0 Å². The maximum Gasteiger partial charge on any atom is 0.330 e. The van der Waals surface area contributed by atoms with Crippen LogP contribution in [0.1, 0.15) is 16.8 Å². The third-order valence-corrected chi connectivity index (χ3v) is 3.38. The van der Waals surface area contributed by atoms with Gasteiger partial charge in [0.2, 0.25) is 0 Å². The van der Waals surface area contributed by atoms with Crippen LogP contribution in [0.4, 0.5) is 5.69 Å². The first-order chi connectivity index (χ1) is 10.7. The van der Waals surface area contributed by atoms with Crippen LogP contribution in [0.2, 0.25) is 0 Å². The summed E-state index contributed by atoms with van der Waals surface area (Å²) in [6, 6.07) is 9.25. The maximum atomic E-state index is 12.2. The predicted molar refractivity (Wildman–Crippen MR) is 84.8 cm³/mol. The van der Waals surface area contributed by atoms with Gasteiger partial charge in [-0.25, -0.2) is 4.79 Å². The topological polar surface area (TPSA) is 71.2 Å². The van der Waals surface area contributed by atoms with Gasteiger partial charge in [-0.2, -0.15) is 0 Å². The zero-order valence-electron chi connectivity index (χ0n) is 11.9. The Morgan fingerprint density at radius 1 is 1.23 bits per heavy atom. The van der Waals surface area contributed by atoms with E-state index in [-0.39, 0.29) is 5.91 Å². The first kappa shape index (κ1) is 13.9. The van der Waals surface area contributed by atoms with Crippen LogP contribution in [0.15, 0.2) is 42.6 Å². The number of nitrogens with one attached hydrogen (secondary N) is 2. The van der Waals surface area contributed by atoms with Crippen molar-refractivity contribution in [3.05, 3.63) is 59.4 Å². The summed E-state index contributed by atoms with van der Waals surface area (Å²) in [5.41, 5.74) is 3.68. The van der Waals surface area contributed by atoms with Gasteiger partial charge in [0.05, 0.1) is 12.7 Å². The van der Waals surface area contributed by atoms with Crippen LogP contribution in [-0.4, -0.2) is 24.0 Å². The normalized spacial score (nSPS) is 15.1. The molecule has 0 aliphatic carbocycles. The Labute approximate surface area is 127 Å². The highest BCUT2D eigenvalue weighted by Crippen LogP contribution is 2.36. The van der Waals surface area contributed by atoms with Crippen molar-refractivity contribution in [3.8, 4) is 0 Å². The minimum Gasteiger partial charge on any atom is -0.466 e. The lowest BCUT2D eigenvalue weighted by Gasteiger charge is -2.03. The largest absolute Gasteiger partial charge is 0.466 e. The molecule has 0 unspecified atom stereocenters. The Morgan fingerprint density at radius 3 is 2.82 bits per heavy atom. The number of carbonyl (C=O) groups excluding carboxylic acids is 2. The van der Waals surface area contributed by atoms with Crippen LogP contribution < -0.4 is 5.32 Å². The molecule has 5 nitrogen and oxygen atoms in total. The lowest BCUT2D eigenvalue weighted by Crippen LogP contribution is -2.03. The van der Waals surface area contributed by atoms with Crippen molar-refractivity contribution in [3.63, 3.8) is 0 Å². The summed E-state index contributed by atoms with van der Waals surface area (Å²) < 4.78 is 4.60. The van der Waals surface area contributed by atoms with Gasteiger partial charge in [-0.1, -0.05) is 12.1 Å². The van der Waals surface area contributed by atoms with E-state index in [0.29, 0.717) is 5.57 Å². The Morgan fingerprint density at radius 2 is 2.09 bits per heavy atom. The molecule has 110 valence electrons.